The van der Waals surface area contributed by atoms with E-state index in [0.717, 1.165) is 17.7 Å². The van der Waals surface area contributed by atoms with Gasteiger partial charge in [0, 0.05) is 18.2 Å². The summed E-state index contributed by atoms with van der Waals surface area (Å²) in [5.74, 6) is -0.728. The van der Waals surface area contributed by atoms with Gasteiger partial charge in [-0.2, -0.15) is 0 Å². The Kier molecular flexibility index (Phi) is 4.82. The van der Waals surface area contributed by atoms with Crippen LogP contribution in [0.4, 0.5) is 10.1 Å². The van der Waals surface area contributed by atoms with Crippen LogP contribution in [0, 0.1) is 5.82 Å². The molecule has 0 aliphatic carbocycles. The van der Waals surface area contributed by atoms with Gasteiger partial charge in [0.25, 0.3) is 15.9 Å². The van der Waals surface area contributed by atoms with Gasteiger partial charge in [-0.25, -0.2) is 12.8 Å². The number of sulfonamides is 1. The molecule has 2 aromatic carbocycles. The maximum absolute atomic E-state index is 13.1. The number of hydrogen-bond donors (Lipinski definition) is 1. The molecule has 7 heteroatoms. The second-order valence-corrected chi connectivity index (χ2v) is 7.97. The molecule has 5 nitrogen and oxygen atoms in total. The molecule has 0 saturated heterocycles. The van der Waals surface area contributed by atoms with Gasteiger partial charge >= 0.3 is 0 Å². The van der Waals surface area contributed by atoms with E-state index in [2.05, 4.69) is 11.9 Å². The Morgan fingerprint density at radius 1 is 1.31 bits per heavy atom. The van der Waals surface area contributed by atoms with Gasteiger partial charge in [-0.3, -0.25) is 9.10 Å². The number of nitrogens with zero attached hydrogens (tertiary/aromatic N) is 1. The molecule has 0 unspecified atom stereocenters. The highest BCUT2D eigenvalue weighted by Gasteiger charge is 2.36. The van der Waals surface area contributed by atoms with Crippen molar-refractivity contribution in [3.63, 3.8) is 0 Å². The molecule has 1 atom stereocenters. The molecule has 0 radical (unpaired) electrons. The number of carbonyl (C=O) groups is 1. The summed E-state index contributed by atoms with van der Waals surface area (Å²) >= 11 is 0. The summed E-state index contributed by atoms with van der Waals surface area (Å²) in [6.07, 6.45) is 2.09. The number of hydrogen-bond acceptors (Lipinski definition) is 3. The van der Waals surface area contributed by atoms with Crippen LogP contribution in [-0.4, -0.2) is 26.9 Å². The molecule has 1 heterocycles. The zero-order valence-corrected chi connectivity index (χ0v) is 15.1. The zero-order valence-electron chi connectivity index (χ0n) is 14.3. The van der Waals surface area contributed by atoms with E-state index in [9.17, 15) is 17.6 Å². The van der Waals surface area contributed by atoms with Crippen molar-refractivity contribution in [2.24, 2.45) is 0 Å². The molecule has 136 valence electrons. The Labute approximate surface area is 152 Å². The molecule has 1 N–H and O–H groups in total. The Balaban J connectivity index is 1.96. The van der Waals surface area contributed by atoms with Gasteiger partial charge in [0.05, 0.1) is 10.6 Å². The zero-order chi connectivity index (χ0) is 18.9. The van der Waals surface area contributed by atoms with Crippen molar-refractivity contribution in [1.29, 1.82) is 0 Å². The SMILES string of the molecule is C=CCNC(=O)c1ccc2c(c1)C[C@H](C)N2S(=O)(=O)c1ccc(F)cc1. The first-order valence-corrected chi connectivity index (χ1v) is 9.60. The van der Waals surface area contributed by atoms with Crippen LogP contribution in [0.5, 0.6) is 0 Å². The highest BCUT2D eigenvalue weighted by atomic mass is 32.2. The van der Waals surface area contributed by atoms with E-state index in [1.54, 1.807) is 31.2 Å². The molecule has 1 aliphatic rings. The molecular weight excluding hydrogens is 355 g/mol. The number of halogens is 1. The van der Waals surface area contributed by atoms with E-state index in [1.807, 2.05) is 0 Å². The third-order valence-corrected chi connectivity index (χ3v) is 6.21. The van der Waals surface area contributed by atoms with E-state index in [4.69, 9.17) is 0 Å². The van der Waals surface area contributed by atoms with Gasteiger partial charge in [0.1, 0.15) is 5.82 Å². The van der Waals surface area contributed by atoms with Crippen LogP contribution in [-0.2, 0) is 16.4 Å². The van der Waals surface area contributed by atoms with Crippen molar-refractivity contribution in [3.05, 3.63) is 72.1 Å². The number of amides is 1. The average Bonchev–Trinajstić information content (AvgIpc) is 2.95. The molecule has 2 aromatic rings. The summed E-state index contributed by atoms with van der Waals surface area (Å²) in [5.41, 5.74) is 1.80. The minimum absolute atomic E-state index is 0.0337. The first-order valence-electron chi connectivity index (χ1n) is 8.16. The Morgan fingerprint density at radius 2 is 2.00 bits per heavy atom. The van der Waals surface area contributed by atoms with Crippen LogP contribution in [0.3, 0.4) is 0 Å². The second kappa shape index (κ2) is 6.92. The Hall–Kier alpha value is -2.67. The van der Waals surface area contributed by atoms with E-state index >= 15 is 0 Å². The van der Waals surface area contributed by atoms with Crippen molar-refractivity contribution < 1.29 is 17.6 Å². The molecule has 1 aliphatic heterocycles. The van der Waals surface area contributed by atoms with Crippen molar-refractivity contribution >= 4 is 21.6 Å². The van der Waals surface area contributed by atoms with Gasteiger partial charge in [-0.05, 0) is 61.4 Å². The van der Waals surface area contributed by atoms with E-state index in [1.165, 1.54) is 16.4 Å². The number of anilines is 1. The monoisotopic (exact) mass is 374 g/mol. The molecular formula is C19H19FN2O3S. The second-order valence-electron chi connectivity index (χ2n) is 6.15. The first-order chi connectivity index (χ1) is 12.3. The molecule has 0 spiro atoms. The van der Waals surface area contributed by atoms with Crippen LogP contribution in [0.25, 0.3) is 0 Å². The summed E-state index contributed by atoms with van der Waals surface area (Å²) in [6.45, 7) is 5.72. The van der Waals surface area contributed by atoms with Gasteiger partial charge in [-0.15, -0.1) is 6.58 Å². The predicted octanol–water partition coefficient (Wildman–Crippen LogP) is 2.88. The number of rotatable bonds is 5. The average molecular weight is 374 g/mol. The first kappa shape index (κ1) is 18.1. The normalized spacial score (nSPS) is 16.2. The van der Waals surface area contributed by atoms with E-state index in [0.29, 0.717) is 24.2 Å². The number of benzene rings is 2. The van der Waals surface area contributed by atoms with Gasteiger partial charge in [-0.1, -0.05) is 6.08 Å². The minimum atomic E-state index is -3.81. The van der Waals surface area contributed by atoms with Crippen LogP contribution in [0.2, 0.25) is 0 Å². The highest BCUT2D eigenvalue weighted by molar-refractivity contribution is 7.92. The lowest BCUT2D eigenvalue weighted by atomic mass is 10.1. The summed E-state index contributed by atoms with van der Waals surface area (Å²) in [7, 11) is -3.81. The van der Waals surface area contributed by atoms with Crippen molar-refractivity contribution in [1.82, 2.24) is 5.32 Å². The fourth-order valence-electron chi connectivity index (χ4n) is 3.10. The van der Waals surface area contributed by atoms with Crippen LogP contribution in [0.1, 0.15) is 22.8 Å². The largest absolute Gasteiger partial charge is 0.349 e. The highest BCUT2D eigenvalue weighted by Crippen LogP contribution is 2.37. The van der Waals surface area contributed by atoms with Gasteiger partial charge in [0.2, 0.25) is 0 Å². The summed E-state index contributed by atoms with van der Waals surface area (Å²) in [6, 6.07) is 9.42. The minimum Gasteiger partial charge on any atom is -0.349 e. The molecule has 0 bridgehead atoms. The predicted molar refractivity (Wildman–Crippen MR) is 98.2 cm³/mol. The molecule has 3 rings (SSSR count). The van der Waals surface area contributed by atoms with E-state index in [-0.39, 0.29) is 16.8 Å². The van der Waals surface area contributed by atoms with Crippen LogP contribution in [0.15, 0.2) is 60.0 Å². The lowest BCUT2D eigenvalue weighted by Gasteiger charge is -2.24. The number of nitrogens with one attached hydrogen (secondary N) is 1. The molecule has 1 amide bonds. The molecule has 26 heavy (non-hydrogen) atoms. The maximum Gasteiger partial charge on any atom is 0.264 e. The van der Waals surface area contributed by atoms with Gasteiger partial charge < -0.3 is 5.32 Å². The van der Waals surface area contributed by atoms with E-state index < -0.39 is 15.8 Å². The number of carbonyl (C=O) groups excluding carboxylic acids is 1. The lowest BCUT2D eigenvalue weighted by Crippen LogP contribution is -2.35. The molecule has 0 aromatic heterocycles. The fourth-order valence-corrected chi connectivity index (χ4v) is 4.79. The van der Waals surface area contributed by atoms with Crippen molar-refractivity contribution in [3.8, 4) is 0 Å². The summed E-state index contributed by atoms with van der Waals surface area (Å²) in [5, 5.41) is 2.70. The summed E-state index contributed by atoms with van der Waals surface area (Å²) < 4.78 is 40.4. The Morgan fingerprint density at radius 3 is 2.65 bits per heavy atom. The lowest BCUT2D eigenvalue weighted by molar-refractivity contribution is 0.0958. The quantitative estimate of drug-likeness (QED) is 0.819. The van der Waals surface area contributed by atoms with Crippen molar-refractivity contribution in [2.45, 2.75) is 24.3 Å². The number of fused-ring (bicyclic) bond motifs is 1. The summed E-state index contributed by atoms with van der Waals surface area (Å²) in [4.78, 5) is 12.1. The fraction of sp³-hybridized carbons (Fsp3) is 0.211. The maximum atomic E-state index is 13.1. The standard InChI is InChI=1S/C19H19FN2O3S/c1-3-10-21-19(23)14-4-9-18-15(12-14)11-13(2)22(18)26(24,25)17-7-5-16(20)6-8-17/h3-9,12-13H,1,10-11H2,2H3,(H,21,23)/t13-/m0/s1. The third-order valence-electron chi connectivity index (χ3n) is 4.27. The van der Waals surface area contributed by atoms with Gasteiger partial charge in [0.15, 0.2) is 0 Å². The van der Waals surface area contributed by atoms with Crippen LogP contribution >= 0.6 is 0 Å². The molecule has 0 fully saturated rings. The Bertz CT molecular complexity index is 955. The van der Waals surface area contributed by atoms with Crippen molar-refractivity contribution in [2.75, 3.05) is 10.8 Å². The molecule has 0 saturated carbocycles. The van der Waals surface area contributed by atoms with Crippen LogP contribution < -0.4 is 9.62 Å². The topological polar surface area (TPSA) is 66.5 Å². The smallest absolute Gasteiger partial charge is 0.264 e. The third kappa shape index (κ3) is 3.22.